The maximum Gasteiger partial charge on any atom is 0.160 e. The normalized spacial score (nSPS) is 14.5. The quantitative estimate of drug-likeness (QED) is 0.201. The Kier molecular flexibility index (Phi) is 6.85. The SMILES string of the molecule is c1ccc(-c2ccc(C3N=C(c4c(-c5ccc6ccccc6c5)ccc5oc6ccccc6c45)N=C(c4ccc5ccccc5c4)N3)cc2)cc1. The number of hydrogen-bond acceptors (Lipinski definition) is 4. The van der Waals surface area contributed by atoms with Gasteiger partial charge in [0.2, 0.25) is 0 Å². The van der Waals surface area contributed by atoms with Crippen LogP contribution in [0.25, 0.3) is 65.7 Å². The summed E-state index contributed by atoms with van der Waals surface area (Å²) >= 11 is 0. The highest BCUT2D eigenvalue weighted by Crippen LogP contribution is 2.39. The van der Waals surface area contributed by atoms with Gasteiger partial charge >= 0.3 is 0 Å². The lowest BCUT2D eigenvalue weighted by molar-refractivity contribution is 0.668. The molecule has 51 heavy (non-hydrogen) atoms. The molecule has 0 fully saturated rings. The fourth-order valence-electron chi connectivity index (χ4n) is 7.35. The second-order valence-electron chi connectivity index (χ2n) is 13.0. The highest BCUT2D eigenvalue weighted by Gasteiger charge is 2.26. The molecule has 0 spiro atoms. The molecule has 0 amide bonds. The topological polar surface area (TPSA) is 49.9 Å². The first-order valence-electron chi connectivity index (χ1n) is 17.3. The van der Waals surface area contributed by atoms with Gasteiger partial charge in [0.05, 0.1) is 0 Å². The van der Waals surface area contributed by atoms with E-state index in [1.54, 1.807) is 0 Å². The fraction of sp³-hybridized carbons (Fsp3) is 0.0213. The van der Waals surface area contributed by atoms with Crippen molar-refractivity contribution in [3.05, 3.63) is 193 Å². The van der Waals surface area contributed by atoms with Crippen molar-refractivity contribution in [3.63, 3.8) is 0 Å². The summed E-state index contributed by atoms with van der Waals surface area (Å²) in [6.45, 7) is 0. The average molecular weight is 654 g/mol. The Labute approximate surface area is 295 Å². The molecule has 0 saturated heterocycles. The molecule has 10 rings (SSSR count). The highest BCUT2D eigenvalue weighted by atomic mass is 16.3. The number of fused-ring (bicyclic) bond motifs is 5. The van der Waals surface area contributed by atoms with Gasteiger partial charge in [0.1, 0.15) is 23.2 Å². The summed E-state index contributed by atoms with van der Waals surface area (Å²) in [5.74, 6) is 1.44. The number of benzene rings is 8. The van der Waals surface area contributed by atoms with E-state index in [1.165, 1.54) is 21.7 Å². The lowest BCUT2D eigenvalue weighted by atomic mass is 9.92. The van der Waals surface area contributed by atoms with Gasteiger partial charge in [0.25, 0.3) is 0 Å². The molecular weight excluding hydrogens is 623 g/mol. The van der Waals surface area contributed by atoms with Gasteiger partial charge in [-0.3, -0.25) is 0 Å². The summed E-state index contributed by atoms with van der Waals surface area (Å²) in [7, 11) is 0. The minimum absolute atomic E-state index is 0.373. The molecule has 8 aromatic carbocycles. The molecule has 1 N–H and O–H groups in total. The van der Waals surface area contributed by atoms with Gasteiger partial charge in [-0.1, -0.05) is 146 Å². The molecular formula is C47H31N3O. The van der Waals surface area contributed by atoms with Crippen LogP contribution in [0.1, 0.15) is 22.9 Å². The summed E-state index contributed by atoms with van der Waals surface area (Å²) < 4.78 is 6.45. The van der Waals surface area contributed by atoms with Crippen LogP contribution in [-0.2, 0) is 0 Å². The molecule has 2 heterocycles. The Hall–Kier alpha value is -6.78. The third-order valence-electron chi connectivity index (χ3n) is 9.93. The van der Waals surface area contributed by atoms with Crippen molar-refractivity contribution in [2.45, 2.75) is 6.17 Å². The molecule has 1 aromatic heterocycles. The standard InChI is InChI=1S/C47H31N3O/c1-2-10-30(11-3-1)33-18-22-34(23-19-33)45-48-46(38-25-21-32-13-5-7-15-36(32)29-38)50-47(49-45)44-39(37-24-20-31-12-4-6-14-35(31)28-37)26-27-42-43(44)40-16-8-9-17-41(40)51-42/h1-29,45H,(H,48,49,50). The van der Waals surface area contributed by atoms with E-state index in [-0.39, 0.29) is 6.17 Å². The molecule has 0 bridgehead atoms. The van der Waals surface area contributed by atoms with Gasteiger partial charge in [-0.2, -0.15) is 0 Å². The van der Waals surface area contributed by atoms with Gasteiger partial charge in [-0.15, -0.1) is 0 Å². The third kappa shape index (κ3) is 5.17. The van der Waals surface area contributed by atoms with Crippen LogP contribution >= 0.6 is 0 Å². The number of hydrogen-bond donors (Lipinski definition) is 1. The summed E-state index contributed by atoms with van der Waals surface area (Å²) in [4.78, 5) is 10.8. The highest BCUT2D eigenvalue weighted by molar-refractivity contribution is 6.25. The van der Waals surface area contributed by atoms with Crippen molar-refractivity contribution in [3.8, 4) is 22.3 Å². The zero-order valence-corrected chi connectivity index (χ0v) is 27.6. The molecule has 1 unspecified atom stereocenters. The van der Waals surface area contributed by atoms with E-state index in [4.69, 9.17) is 14.4 Å². The van der Waals surface area contributed by atoms with Crippen molar-refractivity contribution in [1.29, 1.82) is 0 Å². The van der Waals surface area contributed by atoms with Crippen LogP contribution in [0.5, 0.6) is 0 Å². The zero-order valence-electron chi connectivity index (χ0n) is 27.6. The molecule has 9 aromatic rings. The Bertz CT molecular complexity index is 2830. The van der Waals surface area contributed by atoms with E-state index in [2.05, 4.69) is 163 Å². The smallest absolute Gasteiger partial charge is 0.160 e. The molecule has 0 saturated carbocycles. The van der Waals surface area contributed by atoms with Gasteiger partial charge in [0, 0.05) is 21.9 Å². The lowest BCUT2D eigenvalue weighted by Crippen LogP contribution is -2.33. The predicted octanol–water partition coefficient (Wildman–Crippen LogP) is 11.7. The second kappa shape index (κ2) is 12.0. The van der Waals surface area contributed by atoms with Crippen molar-refractivity contribution in [1.82, 2.24) is 5.32 Å². The number of aliphatic imine (C=N–C) groups is 2. The largest absolute Gasteiger partial charge is 0.456 e. The first-order chi connectivity index (χ1) is 25.2. The minimum atomic E-state index is -0.373. The van der Waals surface area contributed by atoms with E-state index < -0.39 is 0 Å². The summed E-state index contributed by atoms with van der Waals surface area (Å²) in [6, 6.07) is 61.7. The number of nitrogens with zero attached hydrogens (tertiary/aromatic N) is 2. The van der Waals surface area contributed by atoms with Crippen molar-refractivity contribution >= 4 is 55.2 Å². The predicted molar refractivity (Wildman–Crippen MR) is 211 cm³/mol. The number of nitrogens with one attached hydrogen (secondary N) is 1. The Morgan fingerprint density at radius 3 is 1.84 bits per heavy atom. The Morgan fingerprint density at radius 2 is 1.08 bits per heavy atom. The summed E-state index contributed by atoms with van der Waals surface area (Å²) in [5, 5.41) is 10.5. The molecule has 1 aliphatic rings. The molecule has 4 nitrogen and oxygen atoms in total. The minimum Gasteiger partial charge on any atom is -0.456 e. The summed E-state index contributed by atoms with van der Waals surface area (Å²) in [5.41, 5.74) is 9.16. The van der Waals surface area contributed by atoms with E-state index in [9.17, 15) is 0 Å². The molecule has 240 valence electrons. The van der Waals surface area contributed by atoms with E-state index in [0.717, 1.165) is 66.5 Å². The van der Waals surface area contributed by atoms with Crippen LogP contribution in [0.3, 0.4) is 0 Å². The van der Waals surface area contributed by atoms with Crippen LogP contribution in [0.2, 0.25) is 0 Å². The van der Waals surface area contributed by atoms with Crippen LogP contribution in [0, 0.1) is 0 Å². The first kappa shape index (κ1) is 29.2. The van der Waals surface area contributed by atoms with E-state index >= 15 is 0 Å². The van der Waals surface area contributed by atoms with Gasteiger partial charge < -0.3 is 9.73 Å². The maximum absolute atomic E-state index is 6.45. The summed E-state index contributed by atoms with van der Waals surface area (Å²) in [6.07, 6.45) is -0.373. The monoisotopic (exact) mass is 653 g/mol. The van der Waals surface area contributed by atoms with Crippen LogP contribution in [0.4, 0.5) is 0 Å². The Balaban J connectivity index is 1.21. The second-order valence-corrected chi connectivity index (χ2v) is 13.0. The number of rotatable bonds is 5. The van der Waals surface area contributed by atoms with Gasteiger partial charge in [-0.25, -0.2) is 9.98 Å². The first-order valence-corrected chi connectivity index (χ1v) is 17.3. The molecule has 0 aliphatic carbocycles. The van der Waals surface area contributed by atoms with Crippen molar-refractivity contribution in [2.24, 2.45) is 9.98 Å². The van der Waals surface area contributed by atoms with Crippen LogP contribution in [0.15, 0.2) is 190 Å². The maximum atomic E-state index is 6.45. The average Bonchev–Trinajstić information content (AvgIpc) is 3.59. The van der Waals surface area contributed by atoms with Crippen LogP contribution < -0.4 is 5.32 Å². The van der Waals surface area contributed by atoms with Crippen molar-refractivity contribution < 1.29 is 4.42 Å². The zero-order chi connectivity index (χ0) is 33.7. The molecule has 1 aliphatic heterocycles. The Morgan fingerprint density at radius 1 is 0.471 bits per heavy atom. The van der Waals surface area contributed by atoms with E-state index in [1.807, 2.05) is 18.2 Å². The van der Waals surface area contributed by atoms with Crippen LogP contribution in [-0.4, -0.2) is 11.7 Å². The molecule has 0 radical (unpaired) electrons. The van der Waals surface area contributed by atoms with E-state index in [0.29, 0.717) is 5.84 Å². The van der Waals surface area contributed by atoms with Crippen molar-refractivity contribution in [2.75, 3.05) is 0 Å². The van der Waals surface area contributed by atoms with Gasteiger partial charge in [0.15, 0.2) is 5.84 Å². The molecule has 4 heteroatoms. The number of amidine groups is 2. The third-order valence-corrected chi connectivity index (χ3v) is 9.93. The lowest BCUT2D eigenvalue weighted by Gasteiger charge is -2.25. The molecule has 1 atom stereocenters. The number of furan rings is 1. The fourth-order valence-corrected chi connectivity index (χ4v) is 7.35. The van der Waals surface area contributed by atoms with Gasteiger partial charge in [-0.05, 0) is 79.7 Å². The number of para-hydroxylation sites is 1.